The lowest BCUT2D eigenvalue weighted by Gasteiger charge is -2.26. The van der Waals surface area contributed by atoms with E-state index >= 15 is 0 Å². The fourth-order valence-electron chi connectivity index (χ4n) is 3.87. The second-order valence-electron chi connectivity index (χ2n) is 8.33. The maximum atomic E-state index is 14.6. The standard InChI is InChI=1S/C22H18ClF5N6O3S/c1-11-16(25)5-18(34(11)38(36,37)19-3-2-14(24)9-30-19)20(35)31-6-12-4-17(29-10-15(12)23)13-7-32-21(33-8-13)22(26,27)28/h2-4,7-11,16,18H,5-6H2,1H3,(H,31,35). The summed E-state index contributed by atoms with van der Waals surface area (Å²) in [6, 6.07) is 0.563. The van der Waals surface area contributed by atoms with Crippen molar-refractivity contribution in [1.29, 1.82) is 0 Å². The van der Waals surface area contributed by atoms with Gasteiger partial charge >= 0.3 is 6.18 Å². The Bertz CT molecular complexity index is 1440. The largest absolute Gasteiger partial charge is 0.451 e. The Morgan fingerprint density at radius 1 is 1.13 bits per heavy atom. The van der Waals surface area contributed by atoms with Crippen molar-refractivity contribution in [3.63, 3.8) is 0 Å². The van der Waals surface area contributed by atoms with E-state index in [-0.39, 0.29) is 22.8 Å². The van der Waals surface area contributed by atoms with Crippen LogP contribution in [0.2, 0.25) is 5.02 Å². The molecule has 3 atom stereocenters. The Labute approximate surface area is 218 Å². The van der Waals surface area contributed by atoms with E-state index in [1.807, 2.05) is 0 Å². The van der Waals surface area contributed by atoms with Crippen LogP contribution in [0.15, 0.2) is 48.0 Å². The van der Waals surface area contributed by atoms with Gasteiger partial charge in [0.05, 0.1) is 23.0 Å². The molecule has 3 unspecified atom stereocenters. The highest BCUT2D eigenvalue weighted by Gasteiger charge is 2.49. The molecule has 1 N–H and O–H groups in total. The molecular formula is C22H18ClF5N6O3S. The summed E-state index contributed by atoms with van der Waals surface area (Å²) in [7, 11) is -4.46. The van der Waals surface area contributed by atoms with Gasteiger partial charge in [-0.3, -0.25) is 9.78 Å². The third kappa shape index (κ3) is 5.59. The maximum Gasteiger partial charge on any atom is 0.451 e. The van der Waals surface area contributed by atoms with Crippen LogP contribution in [0, 0.1) is 5.82 Å². The number of pyridine rings is 2. The molecule has 4 heterocycles. The number of carbonyl (C=O) groups excluding carboxylic acids is 1. The molecule has 0 aliphatic carbocycles. The molecule has 1 aliphatic heterocycles. The fraction of sp³-hybridized carbons (Fsp3) is 0.318. The lowest BCUT2D eigenvalue weighted by molar-refractivity contribution is -0.145. The van der Waals surface area contributed by atoms with E-state index in [0.717, 1.165) is 24.5 Å². The minimum absolute atomic E-state index is 0.102. The summed E-state index contributed by atoms with van der Waals surface area (Å²) in [6.07, 6.45) is -3.03. The van der Waals surface area contributed by atoms with E-state index in [0.29, 0.717) is 16.1 Å². The van der Waals surface area contributed by atoms with Gasteiger partial charge in [-0.2, -0.15) is 17.5 Å². The van der Waals surface area contributed by atoms with Crippen molar-refractivity contribution in [3.8, 4) is 11.3 Å². The van der Waals surface area contributed by atoms with Crippen LogP contribution in [0.25, 0.3) is 11.3 Å². The minimum Gasteiger partial charge on any atom is -0.351 e. The van der Waals surface area contributed by atoms with Gasteiger partial charge in [-0.25, -0.2) is 32.2 Å². The van der Waals surface area contributed by atoms with Gasteiger partial charge in [0.15, 0.2) is 5.03 Å². The molecule has 0 bridgehead atoms. The Balaban J connectivity index is 1.53. The van der Waals surface area contributed by atoms with Crippen LogP contribution in [0.3, 0.4) is 0 Å². The van der Waals surface area contributed by atoms with Gasteiger partial charge in [-0.15, -0.1) is 0 Å². The summed E-state index contributed by atoms with van der Waals surface area (Å²) in [5.74, 6) is -2.92. The van der Waals surface area contributed by atoms with Crippen LogP contribution in [0.4, 0.5) is 22.0 Å². The van der Waals surface area contributed by atoms with Gasteiger partial charge in [0, 0.05) is 37.1 Å². The van der Waals surface area contributed by atoms with Crippen LogP contribution in [0.5, 0.6) is 0 Å². The molecule has 9 nitrogen and oxygen atoms in total. The second-order valence-corrected chi connectivity index (χ2v) is 10.5. The molecule has 1 aliphatic rings. The summed E-state index contributed by atoms with van der Waals surface area (Å²) in [6.45, 7) is 1.07. The maximum absolute atomic E-state index is 14.6. The van der Waals surface area contributed by atoms with E-state index in [4.69, 9.17) is 11.6 Å². The van der Waals surface area contributed by atoms with Gasteiger partial charge in [-0.05, 0) is 30.7 Å². The fourth-order valence-corrected chi connectivity index (χ4v) is 5.77. The summed E-state index contributed by atoms with van der Waals surface area (Å²) in [5.41, 5.74) is 0.607. The number of nitrogens with one attached hydrogen (secondary N) is 1. The second kappa shape index (κ2) is 10.5. The van der Waals surface area contributed by atoms with Crippen LogP contribution < -0.4 is 5.32 Å². The molecule has 0 radical (unpaired) electrons. The number of hydrogen-bond donors (Lipinski definition) is 1. The first-order valence-corrected chi connectivity index (χ1v) is 12.7. The topological polar surface area (TPSA) is 118 Å². The number of alkyl halides is 4. The summed E-state index contributed by atoms with van der Waals surface area (Å²) in [4.78, 5) is 27.1. The molecule has 0 spiro atoms. The Kier molecular flexibility index (Phi) is 7.63. The Hall–Kier alpha value is -3.30. The molecule has 1 saturated heterocycles. The van der Waals surface area contributed by atoms with E-state index in [1.165, 1.54) is 19.2 Å². The van der Waals surface area contributed by atoms with Crippen molar-refractivity contribution < 1.29 is 35.2 Å². The van der Waals surface area contributed by atoms with Gasteiger partial charge in [0.1, 0.15) is 18.0 Å². The Morgan fingerprint density at radius 3 is 2.42 bits per heavy atom. The average molecular weight is 577 g/mol. The van der Waals surface area contributed by atoms with E-state index in [1.54, 1.807) is 0 Å². The van der Waals surface area contributed by atoms with Gasteiger partial charge < -0.3 is 5.32 Å². The quantitative estimate of drug-likeness (QED) is 0.446. The highest BCUT2D eigenvalue weighted by atomic mass is 35.5. The van der Waals surface area contributed by atoms with Crippen LogP contribution in [0.1, 0.15) is 24.7 Å². The molecule has 38 heavy (non-hydrogen) atoms. The summed E-state index contributed by atoms with van der Waals surface area (Å²) >= 11 is 6.15. The van der Waals surface area contributed by atoms with Crippen LogP contribution in [-0.2, 0) is 27.5 Å². The molecule has 16 heteroatoms. The molecule has 4 rings (SSSR count). The first kappa shape index (κ1) is 27.7. The highest BCUT2D eigenvalue weighted by Crippen LogP contribution is 2.33. The molecular weight excluding hydrogens is 559 g/mol. The summed E-state index contributed by atoms with van der Waals surface area (Å²) in [5, 5.41) is 2.07. The van der Waals surface area contributed by atoms with Crippen LogP contribution in [-0.4, -0.2) is 56.8 Å². The molecule has 3 aromatic rings. The number of hydrogen-bond acceptors (Lipinski definition) is 7. The molecule has 3 aromatic heterocycles. The zero-order chi connectivity index (χ0) is 27.8. The predicted molar refractivity (Wildman–Crippen MR) is 123 cm³/mol. The Morgan fingerprint density at radius 2 is 1.82 bits per heavy atom. The van der Waals surface area contributed by atoms with Crippen molar-refractivity contribution in [2.45, 2.75) is 49.3 Å². The molecule has 0 saturated carbocycles. The first-order chi connectivity index (χ1) is 17.8. The average Bonchev–Trinajstić information content (AvgIpc) is 3.18. The smallest absolute Gasteiger partial charge is 0.351 e. The van der Waals surface area contributed by atoms with E-state index in [2.05, 4.69) is 25.3 Å². The van der Waals surface area contributed by atoms with E-state index < -0.39 is 63.5 Å². The number of rotatable bonds is 6. The van der Waals surface area contributed by atoms with Crippen molar-refractivity contribution in [2.24, 2.45) is 0 Å². The first-order valence-electron chi connectivity index (χ1n) is 10.9. The zero-order valence-corrected chi connectivity index (χ0v) is 20.9. The minimum atomic E-state index is -4.72. The highest BCUT2D eigenvalue weighted by molar-refractivity contribution is 7.89. The number of halogens is 6. The van der Waals surface area contributed by atoms with Gasteiger partial charge in [0.25, 0.3) is 10.0 Å². The van der Waals surface area contributed by atoms with Gasteiger partial charge in [0.2, 0.25) is 11.7 Å². The molecule has 1 fully saturated rings. The predicted octanol–water partition coefficient (Wildman–Crippen LogP) is 3.55. The van der Waals surface area contributed by atoms with Crippen molar-refractivity contribution in [1.82, 2.24) is 29.6 Å². The summed E-state index contributed by atoms with van der Waals surface area (Å²) < 4.78 is 92.9. The molecule has 1 amide bonds. The third-order valence-corrected chi connectivity index (χ3v) is 8.07. The lowest BCUT2D eigenvalue weighted by Crippen LogP contribution is -2.48. The van der Waals surface area contributed by atoms with Crippen molar-refractivity contribution >= 4 is 27.5 Å². The van der Waals surface area contributed by atoms with Crippen molar-refractivity contribution in [2.75, 3.05) is 0 Å². The van der Waals surface area contributed by atoms with E-state index in [9.17, 15) is 35.2 Å². The number of aromatic nitrogens is 4. The normalized spacial score (nSPS) is 20.4. The molecule has 202 valence electrons. The van der Waals surface area contributed by atoms with Crippen molar-refractivity contribution in [3.05, 3.63) is 65.2 Å². The molecule has 0 aromatic carbocycles. The zero-order valence-electron chi connectivity index (χ0n) is 19.3. The number of sulfonamides is 1. The number of amides is 1. The number of carbonyl (C=O) groups is 1. The lowest BCUT2D eigenvalue weighted by atomic mass is 10.1. The monoisotopic (exact) mass is 576 g/mol. The SMILES string of the molecule is CC1C(F)CC(C(=O)NCc2cc(-c3cnc(C(F)(F)F)nc3)ncc2Cl)N1S(=O)(=O)c1ccc(F)cn1. The third-order valence-electron chi connectivity index (χ3n) is 5.81. The van der Waals surface area contributed by atoms with Crippen LogP contribution >= 0.6 is 11.6 Å². The van der Waals surface area contributed by atoms with Gasteiger partial charge in [-0.1, -0.05) is 11.6 Å². The number of nitrogens with zero attached hydrogens (tertiary/aromatic N) is 5.